The maximum atomic E-state index is 12.9. The Morgan fingerprint density at radius 3 is 2.48 bits per heavy atom. The molecule has 0 aromatic carbocycles. The minimum atomic E-state index is -4.34. The largest absolute Gasteiger partial charge is 0.462 e. The molecule has 0 bridgehead atoms. The van der Waals surface area contributed by atoms with E-state index in [9.17, 15) is 22.8 Å². The van der Waals surface area contributed by atoms with Crippen LogP contribution < -0.4 is 5.32 Å². The van der Waals surface area contributed by atoms with Gasteiger partial charge in [-0.05, 0) is 46.6 Å². The van der Waals surface area contributed by atoms with Gasteiger partial charge in [0.05, 0.1) is 18.7 Å². The molecule has 1 amide bonds. The van der Waals surface area contributed by atoms with Crippen LogP contribution in [0.1, 0.15) is 55.8 Å². The number of carbonyl (C=O) groups excluding carboxylic acids is 2. The Morgan fingerprint density at radius 1 is 1.24 bits per heavy atom. The van der Waals surface area contributed by atoms with Crippen LogP contribution in [0.15, 0.2) is 12.3 Å². The van der Waals surface area contributed by atoms with Crippen LogP contribution in [0.5, 0.6) is 0 Å². The summed E-state index contributed by atoms with van der Waals surface area (Å²) >= 11 is 0.951. The fourth-order valence-corrected chi connectivity index (χ4v) is 4.62. The van der Waals surface area contributed by atoms with E-state index in [1.165, 1.54) is 12.3 Å². The monoisotopic (exact) mass is 487 g/mol. The SMILES string of the molecule is CCOC(=O)c1cnc2sc(CC(F)(F)F)cc2c1NC1CCN(C(=O)OC(C)(C)C)CC1. The predicted molar refractivity (Wildman–Crippen MR) is 120 cm³/mol. The van der Waals surface area contributed by atoms with Crippen molar-refractivity contribution >= 4 is 39.3 Å². The first-order valence-electron chi connectivity index (χ1n) is 10.8. The summed E-state index contributed by atoms with van der Waals surface area (Å²) in [7, 11) is 0. The van der Waals surface area contributed by atoms with E-state index in [-0.39, 0.29) is 29.2 Å². The summed E-state index contributed by atoms with van der Waals surface area (Å²) in [5.41, 5.74) is 0.00491. The van der Waals surface area contributed by atoms with Crippen LogP contribution >= 0.6 is 11.3 Å². The molecular formula is C22H28F3N3O4S. The Balaban J connectivity index is 1.82. The van der Waals surface area contributed by atoms with Gasteiger partial charge >= 0.3 is 18.2 Å². The van der Waals surface area contributed by atoms with Crippen molar-refractivity contribution in [3.05, 3.63) is 22.7 Å². The van der Waals surface area contributed by atoms with E-state index >= 15 is 0 Å². The van der Waals surface area contributed by atoms with Crippen molar-refractivity contribution in [3.8, 4) is 0 Å². The fraction of sp³-hybridized carbons (Fsp3) is 0.591. The number of hydrogen-bond donors (Lipinski definition) is 1. The second kappa shape index (κ2) is 9.74. The number of piperidine rings is 1. The molecule has 0 radical (unpaired) electrons. The molecule has 1 saturated heterocycles. The van der Waals surface area contributed by atoms with Crippen molar-refractivity contribution in [2.75, 3.05) is 25.0 Å². The number of pyridine rings is 1. The highest BCUT2D eigenvalue weighted by Crippen LogP contribution is 2.36. The van der Waals surface area contributed by atoms with E-state index in [4.69, 9.17) is 9.47 Å². The summed E-state index contributed by atoms with van der Waals surface area (Å²) in [6.07, 6.45) is -3.26. The van der Waals surface area contributed by atoms with Crippen LogP contribution in [0, 0.1) is 0 Å². The molecule has 1 fully saturated rings. The molecule has 2 aromatic rings. The summed E-state index contributed by atoms with van der Waals surface area (Å²) in [6, 6.07) is 1.34. The number of nitrogens with zero attached hydrogens (tertiary/aromatic N) is 2. The summed E-state index contributed by atoms with van der Waals surface area (Å²) in [5, 5.41) is 3.78. The van der Waals surface area contributed by atoms with Gasteiger partial charge in [0.1, 0.15) is 16.0 Å². The number of nitrogens with one attached hydrogen (secondary N) is 1. The smallest absolute Gasteiger partial charge is 0.410 e. The predicted octanol–water partition coefficient (Wildman–Crippen LogP) is 5.39. The van der Waals surface area contributed by atoms with Crippen molar-refractivity contribution < 1.29 is 32.2 Å². The highest BCUT2D eigenvalue weighted by Gasteiger charge is 2.31. The molecule has 33 heavy (non-hydrogen) atoms. The molecule has 0 unspecified atom stereocenters. The number of carbonyl (C=O) groups is 2. The topological polar surface area (TPSA) is 80.8 Å². The van der Waals surface area contributed by atoms with Crippen LogP contribution in [-0.4, -0.2) is 59.5 Å². The molecule has 11 heteroatoms. The van der Waals surface area contributed by atoms with Crippen LogP contribution in [0.25, 0.3) is 10.2 Å². The zero-order chi connectivity index (χ0) is 24.4. The molecule has 3 rings (SSSR count). The van der Waals surface area contributed by atoms with Gasteiger partial charge in [0.25, 0.3) is 0 Å². The van der Waals surface area contributed by atoms with Gasteiger partial charge in [-0.25, -0.2) is 14.6 Å². The molecule has 0 atom stereocenters. The van der Waals surface area contributed by atoms with Crippen LogP contribution in [0.4, 0.5) is 23.7 Å². The number of anilines is 1. The molecule has 3 heterocycles. The number of thiophene rings is 1. The second-order valence-corrected chi connectivity index (χ2v) is 9.99. The molecule has 182 valence electrons. The molecule has 0 spiro atoms. The van der Waals surface area contributed by atoms with Gasteiger partial charge in [-0.3, -0.25) is 0 Å². The van der Waals surface area contributed by atoms with E-state index in [1.807, 2.05) is 0 Å². The quantitative estimate of drug-likeness (QED) is 0.570. The van der Waals surface area contributed by atoms with E-state index in [2.05, 4.69) is 10.3 Å². The summed E-state index contributed by atoms with van der Waals surface area (Å²) in [5.74, 6) is -0.593. The van der Waals surface area contributed by atoms with Crippen LogP contribution in [0.2, 0.25) is 0 Å². The minimum absolute atomic E-state index is 0.0894. The van der Waals surface area contributed by atoms with E-state index < -0.39 is 24.2 Å². The lowest BCUT2D eigenvalue weighted by Crippen LogP contribution is -2.44. The highest BCUT2D eigenvalue weighted by molar-refractivity contribution is 7.18. The standard InChI is InChI=1S/C22H28F3N3O4S/c1-5-31-19(29)16-12-26-18-15(10-14(33-18)11-22(23,24)25)17(16)27-13-6-8-28(9-7-13)20(30)32-21(2,3)4/h10,12-13H,5-9,11H2,1-4H3,(H,26,27). The fourth-order valence-electron chi connectivity index (χ4n) is 3.58. The zero-order valence-corrected chi connectivity index (χ0v) is 19.9. The Labute approximate surface area is 194 Å². The van der Waals surface area contributed by atoms with Gasteiger partial charge in [0, 0.05) is 35.6 Å². The Morgan fingerprint density at radius 2 is 1.91 bits per heavy atom. The number of amides is 1. The van der Waals surface area contributed by atoms with E-state index in [0.29, 0.717) is 41.8 Å². The average molecular weight is 488 g/mol. The molecule has 1 aliphatic heterocycles. The maximum absolute atomic E-state index is 12.9. The molecule has 0 aliphatic carbocycles. The first-order valence-corrected chi connectivity index (χ1v) is 11.6. The normalized spacial score (nSPS) is 15.5. The van der Waals surface area contributed by atoms with Gasteiger partial charge in [-0.15, -0.1) is 11.3 Å². The lowest BCUT2D eigenvalue weighted by atomic mass is 10.0. The number of alkyl halides is 3. The Bertz CT molecular complexity index is 1010. The van der Waals surface area contributed by atoms with Crippen molar-refractivity contribution in [2.45, 2.75) is 64.8 Å². The third-order valence-corrected chi connectivity index (χ3v) is 6.02. The second-order valence-electron chi connectivity index (χ2n) is 8.88. The van der Waals surface area contributed by atoms with Crippen molar-refractivity contribution in [3.63, 3.8) is 0 Å². The van der Waals surface area contributed by atoms with Crippen molar-refractivity contribution in [1.82, 2.24) is 9.88 Å². The van der Waals surface area contributed by atoms with Crippen molar-refractivity contribution in [2.24, 2.45) is 0 Å². The number of fused-ring (bicyclic) bond motifs is 1. The Kier molecular flexibility index (Phi) is 7.40. The Hall–Kier alpha value is -2.56. The van der Waals surface area contributed by atoms with Gasteiger partial charge < -0.3 is 19.7 Å². The third-order valence-electron chi connectivity index (χ3n) is 4.98. The summed E-state index contributed by atoms with van der Waals surface area (Å²) < 4.78 is 49.3. The summed E-state index contributed by atoms with van der Waals surface area (Å²) in [6.45, 7) is 8.16. The third kappa shape index (κ3) is 6.72. The van der Waals surface area contributed by atoms with Gasteiger partial charge in [-0.2, -0.15) is 13.2 Å². The molecule has 7 nitrogen and oxygen atoms in total. The number of rotatable bonds is 5. The number of likely N-dealkylation sites (tertiary alicyclic amines) is 1. The molecule has 1 aliphatic rings. The number of aromatic nitrogens is 1. The van der Waals surface area contributed by atoms with Gasteiger partial charge in [0.15, 0.2) is 0 Å². The molecule has 2 aromatic heterocycles. The lowest BCUT2D eigenvalue weighted by Gasteiger charge is -2.34. The van der Waals surface area contributed by atoms with E-state index in [1.54, 1.807) is 32.6 Å². The van der Waals surface area contributed by atoms with Gasteiger partial charge in [0.2, 0.25) is 0 Å². The molecular weight excluding hydrogens is 459 g/mol. The first kappa shape index (κ1) is 25.1. The number of halogens is 3. The van der Waals surface area contributed by atoms with Gasteiger partial charge in [-0.1, -0.05) is 0 Å². The average Bonchev–Trinajstić information content (AvgIpc) is 3.08. The number of hydrogen-bond acceptors (Lipinski definition) is 7. The number of esters is 1. The molecule has 0 saturated carbocycles. The van der Waals surface area contributed by atoms with Crippen LogP contribution in [0.3, 0.4) is 0 Å². The first-order chi connectivity index (χ1) is 15.4. The maximum Gasteiger partial charge on any atom is 0.410 e. The zero-order valence-electron chi connectivity index (χ0n) is 19.0. The van der Waals surface area contributed by atoms with Crippen molar-refractivity contribution in [1.29, 1.82) is 0 Å². The lowest BCUT2D eigenvalue weighted by molar-refractivity contribution is -0.126. The highest BCUT2D eigenvalue weighted by atomic mass is 32.1. The summed E-state index contributed by atoms with van der Waals surface area (Å²) in [4.78, 5) is 31.2. The molecule has 1 N–H and O–H groups in total. The van der Waals surface area contributed by atoms with E-state index in [0.717, 1.165) is 11.3 Å². The number of ether oxygens (including phenoxy) is 2. The van der Waals surface area contributed by atoms with Crippen LogP contribution in [-0.2, 0) is 15.9 Å². The minimum Gasteiger partial charge on any atom is -0.462 e.